The molecule has 0 aliphatic rings. The lowest BCUT2D eigenvalue weighted by atomic mass is 9.89. The molecule has 108 valence electrons. The summed E-state index contributed by atoms with van der Waals surface area (Å²) in [6.45, 7) is 10.4. The second-order valence-corrected chi connectivity index (χ2v) is 6.08. The van der Waals surface area contributed by atoms with E-state index in [2.05, 4.69) is 63.3 Å². The summed E-state index contributed by atoms with van der Waals surface area (Å²) in [4.78, 5) is 0. The second kappa shape index (κ2) is 9.14. The summed E-state index contributed by atoms with van der Waals surface area (Å²) >= 11 is 0. The van der Waals surface area contributed by atoms with Crippen LogP contribution < -0.4 is 5.32 Å². The average molecular weight is 261 g/mol. The molecule has 0 aliphatic heterocycles. The van der Waals surface area contributed by atoms with Crippen LogP contribution in [-0.2, 0) is 0 Å². The standard InChI is InChI=1S/C18H31N/c1-5-14-19-18(13-9-10-15(2)3)16(4)17-11-7-6-8-12-17/h6-8,11-12,15-16,18-19H,5,9-10,13-14H2,1-4H3. The quantitative estimate of drug-likeness (QED) is 0.660. The van der Waals surface area contributed by atoms with Crippen LogP contribution in [0.25, 0.3) is 0 Å². The highest BCUT2D eigenvalue weighted by Gasteiger charge is 2.17. The molecule has 1 aromatic rings. The SMILES string of the molecule is CCCNC(CCCC(C)C)C(C)c1ccccc1. The van der Waals surface area contributed by atoms with Crippen LogP contribution in [0.2, 0.25) is 0 Å². The first-order chi connectivity index (χ1) is 9.15. The van der Waals surface area contributed by atoms with E-state index in [9.17, 15) is 0 Å². The Balaban J connectivity index is 2.56. The zero-order valence-corrected chi connectivity index (χ0v) is 13.2. The largest absolute Gasteiger partial charge is 0.313 e. The fourth-order valence-electron chi connectivity index (χ4n) is 2.59. The summed E-state index contributed by atoms with van der Waals surface area (Å²) in [5.74, 6) is 1.42. The van der Waals surface area contributed by atoms with E-state index in [4.69, 9.17) is 0 Å². The Bertz CT molecular complexity index is 318. The van der Waals surface area contributed by atoms with Crippen molar-refractivity contribution >= 4 is 0 Å². The van der Waals surface area contributed by atoms with Gasteiger partial charge in [0, 0.05) is 6.04 Å². The van der Waals surface area contributed by atoms with Crippen molar-refractivity contribution in [3.8, 4) is 0 Å². The van der Waals surface area contributed by atoms with Gasteiger partial charge in [-0.1, -0.05) is 70.9 Å². The molecule has 0 fully saturated rings. The molecule has 2 unspecified atom stereocenters. The third kappa shape index (κ3) is 6.24. The molecule has 0 radical (unpaired) electrons. The highest BCUT2D eigenvalue weighted by Crippen LogP contribution is 2.23. The Morgan fingerprint density at radius 2 is 1.68 bits per heavy atom. The topological polar surface area (TPSA) is 12.0 Å². The molecule has 0 saturated carbocycles. The van der Waals surface area contributed by atoms with E-state index in [1.165, 1.54) is 31.2 Å². The number of nitrogens with one attached hydrogen (secondary N) is 1. The maximum atomic E-state index is 3.74. The molecule has 19 heavy (non-hydrogen) atoms. The van der Waals surface area contributed by atoms with Gasteiger partial charge in [-0.3, -0.25) is 0 Å². The number of hydrogen-bond donors (Lipinski definition) is 1. The van der Waals surface area contributed by atoms with Crippen molar-refractivity contribution in [3.63, 3.8) is 0 Å². The summed E-state index contributed by atoms with van der Waals surface area (Å²) < 4.78 is 0. The summed E-state index contributed by atoms with van der Waals surface area (Å²) in [6.07, 6.45) is 5.17. The monoisotopic (exact) mass is 261 g/mol. The van der Waals surface area contributed by atoms with Crippen LogP contribution in [0, 0.1) is 5.92 Å². The van der Waals surface area contributed by atoms with Gasteiger partial charge < -0.3 is 5.32 Å². The normalized spacial score (nSPS) is 14.6. The lowest BCUT2D eigenvalue weighted by Gasteiger charge is -2.26. The van der Waals surface area contributed by atoms with Crippen LogP contribution in [0.5, 0.6) is 0 Å². The van der Waals surface area contributed by atoms with Crippen molar-refractivity contribution in [2.75, 3.05) is 6.54 Å². The average Bonchev–Trinajstić information content (AvgIpc) is 2.42. The summed E-state index contributed by atoms with van der Waals surface area (Å²) in [5, 5.41) is 3.74. The van der Waals surface area contributed by atoms with Crippen LogP contribution in [0.4, 0.5) is 0 Å². The highest BCUT2D eigenvalue weighted by molar-refractivity contribution is 5.20. The fraction of sp³-hybridized carbons (Fsp3) is 0.667. The van der Waals surface area contributed by atoms with Crippen molar-refractivity contribution in [2.24, 2.45) is 5.92 Å². The van der Waals surface area contributed by atoms with Crippen LogP contribution in [0.15, 0.2) is 30.3 Å². The van der Waals surface area contributed by atoms with Crippen molar-refractivity contribution in [3.05, 3.63) is 35.9 Å². The van der Waals surface area contributed by atoms with Crippen molar-refractivity contribution in [2.45, 2.75) is 65.3 Å². The van der Waals surface area contributed by atoms with Gasteiger partial charge in [0.2, 0.25) is 0 Å². The Hall–Kier alpha value is -0.820. The maximum absolute atomic E-state index is 3.74. The van der Waals surface area contributed by atoms with Gasteiger partial charge in [0.15, 0.2) is 0 Å². The summed E-state index contributed by atoms with van der Waals surface area (Å²) in [5.41, 5.74) is 1.46. The molecule has 1 nitrogen and oxygen atoms in total. The molecule has 0 heterocycles. The van der Waals surface area contributed by atoms with Gasteiger partial charge in [-0.15, -0.1) is 0 Å². The van der Waals surface area contributed by atoms with E-state index >= 15 is 0 Å². The van der Waals surface area contributed by atoms with Gasteiger partial charge in [-0.2, -0.15) is 0 Å². The van der Waals surface area contributed by atoms with Crippen molar-refractivity contribution in [1.82, 2.24) is 5.32 Å². The predicted octanol–water partition coefficient (Wildman–Crippen LogP) is 4.98. The number of benzene rings is 1. The molecule has 0 aromatic heterocycles. The molecule has 0 aliphatic carbocycles. The Kier molecular flexibility index (Phi) is 7.81. The minimum Gasteiger partial charge on any atom is -0.313 e. The minimum atomic E-state index is 0.597. The van der Waals surface area contributed by atoms with Crippen molar-refractivity contribution < 1.29 is 0 Å². The lowest BCUT2D eigenvalue weighted by Crippen LogP contribution is -2.34. The van der Waals surface area contributed by atoms with Gasteiger partial charge in [0.05, 0.1) is 0 Å². The molecule has 1 heteroatoms. The Morgan fingerprint density at radius 3 is 2.26 bits per heavy atom. The zero-order chi connectivity index (χ0) is 14.1. The third-order valence-corrected chi connectivity index (χ3v) is 3.88. The number of hydrogen-bond acceptors (Lipinski definition) is 1. The summed E-state index contributed by atoms with van der Waals surface area (Å²) in [6, 6.07) is 11.5. The number of rotatable bonds is 9. The zero-order valence-electron chi connectivity index (χ0n) is 13.2. The molecule has 1 aromatic carbocycles. The predicted molar refractivity (Wildman–Crippen MR) is 85.6 cm³/mol. The maximum Gasteiger partial charge on any atom is 0.0133 e. The highest BCUT2D eigenvalue weighted by atomic mass is 14.9. The van der Waals surface area contributed by atoms with E-state index in [1.54, 1.807) is 0 Å². The van der Waals surface area contributed by atoms with E-state index in [-0.39, 0.29) is 0 Å². The van der Waals surface area contributed by atoms with Crippen LogP contribution in [0.1, 0.15) is 64.9 Å². The molecule has 0 saturated heterocycles. The van der Waals surface area contributed by atoms with Crippen molar-refractivity contribution in [1.29, 1.82) is 0 Å². The summed E-state index contributed by atoms with van der Waals surface area (Å²) in [7, 11) is 0. The van der Waals surface area contributed by atoms with E-state index < -0.39 is 0 Å². The van der Waals surface area contributed by atoms with Gasteiger partial charge >= 0.3 is 0 Å². The second-order valence-electron chi connectivity index (χ2n) is 6.08. The van der Waals surface area contributed by atoms with E-state index in [0.717, 1.165) is 12.5 Å². The molecule has 1 N–H and O–H groups in total. The first-order valence-corrected chi connectivity index (χ1v) is 7.93. The van der Waals surface area contributed by atoms with E-state index in [1.807, 2.05) is 0 Å². The smallest absolute Gasteiger partial charge is 0.0133 e. The minimum absolute atomic E-state index is 0.597. The first kappa shape index (κ1) is 16.2. The molecule has 2 atom stereocenters. The van der Waals surface area contributed by atoms with Crippen LogP contribution >= 0.6 is 0 Å². The fourth-order valence-corrected chi connectivity index (χ4v) is 2.59. The van der Waals surface area contributed by atoms with Crippen LogP contribution in [-0.4, -0.2) is 12.6 Å². The van der Waals surface area contributed by atoms with Gasteiger partial charge in [0.1, 0.15) is 0 Å². The lowest BCUT2D eigenvalue weighted by molar-refractivity contribution is 0.395. The van der Waals surface area contributed by atoms with Gasteiger partial charge in [-0.25, -0.2) is 0 Å². The molecule has 0 amide bonds. The van der Waals surface area contributed by atoms with E-state index in [0.29, 0.717) is 12.0 Å². The molecule has 1 rings (SSSR count). The third-order valence-electron chi connectivity index (χ3n) is 3.88. The van der Waals surface area contributed by atoms with Gasteiger partial charge in [-0.05, 0) is 36.8 Å². The molecule has 0 bridgehead atoms. The first-order valence-electron chi connectivity index (χ1n) is 7.93. The molecular formula is C18H31N. The Morgan fingerprint density at radius 1 is 1.00 bits per heavy atom. The van der Waals surface area contributed by atoms with Gasteiger partial charge in [0.25, 0.3) is 0 Å². The van der Waals surface area contributed by atoms with Crippen LogP contribution in [0.3, 0.4) is 0 Å². The molecule has 0 spiro atoms. The Labute approximate surface area is 119 Å². The molecular weight excluding hydrogens is 230 g/mol.